The molecular weight excluding hydrogens is 930 g/mol. The predicted octanol–water partition coefficient (Wildman–Crippen LogP) is 20.6. The fourth-order valence-corrected chi connectivity index (χ4v) is 10.9. The van der Waals surface area contributed by atoms with Gasteiger partial charge in [0.05, 0.1) is 13.2 Å². The van der Waals surface area contributed by atoms with E-state index in [1.165, 1.54) is 295 Å². The average molecular weight is 1060 g/mol. The molecule has 0 aromatic carbocycles. The maximum Gasteiger partial charge on any atom is 0.472 e. The zero-order valence-electron chi connectivity index (χ0n) is 48.9. The fourth-order valence-electron chi connectivity index (χ4n) is 10.2. The first kappa shape index (κ1) is 72.0. The number of ether oxygens (including phenoxy) is 2. The highest BCUT2D eigenvalue weighted by atomic mass is 31.2. The lowest BCUT2D eigenvalue weighted by molar-refractivity contribution is -0.161. The van der Waals surface area contributed by atoms with Crippen LogP contribution in [-0.2, 0) is 32.7 Å². The molecule has 436 valence electrons. The van der Waals surface area contributed by atoms with Crippen molar-refractivity contribution in [2.45, 2.75) is 367 Å². The van der Waals surface area contributed by atoms with E-state index in [9.17, 15) is 19.0 Å². The second-order valence-electron chi connectivity index (χ2n) is 22.4. The molecule has 0 saturated carbocycles. The molecule has 0 saturated heterocycles. The van der Waals surface area contributed by atoms with Gasteiger partial charge in [0, 0.05) is 19.4 Å². The van der Waals surface area contributed by atoms with Crippen LogP contribution >= 0.6 is 7.82 Å². The van der Waals surface area contributed by atoms with Crippen molar-refractivity contribution >= 4 is 19.8 Å². The van der Waals surface area contributed by atoms with E-state index in [0.29, 0.717) is 6.42 Å². The summed E-state index contributed by atoms with van der Waals surface area (Å²) in [7, 11) is -4.38. The monoisotopic (exact) mass is 1060 g/mol. The molecule has 0 spiro atoms. The molecule has 3 N–H and O–H groups in total. The van der Waals surface area contributed by atoms with Gasteiger partial charge in [-0.3, -0.25) is 18.6 Å². The molecule has 0 aromatic rings. The van der Waals surface area contributed by atoms with Crippen LogP contribution in [-0.4, -0.2) is 49.3 Å². The quantitative estimate of drug-likeness (QED) is 0.0347. The minimum atomic E-state index is -4.38. The molecule has 0 amide bonds. The number of unbranched alkanes of at least 4 members (excludes halogenated alkanes) is 50. The Morgan fingerprint density at radius 3 is 0.836 bits per heavy atom. The molecular formula is C63H126NO8P. The van der Waals surface area contributed by atoms with Crippen molar-refractivity contribution in [3.05, 3.63) is 0 Å². The molecule has 10 heteroatoms. The molecule has 0 fully saturated rings. The minimum absolute atomic E-state index is 0.0586. The summed E-state index contributed by atoms with van der Waals surface area (Å²) in [5.74, 6) is -0.802. The molecule has 0 aliphatic heterocycles. The van der Waals surface area contributed by atoms with Crippen molar-refractivity contribution in [1.82, 2.24) is 0 Å². The van der Waals surface area contributed by atoms with Crippen LogP contribution in [0.4, 0.5) is 0 Å². The van der Waals surface area contributed by atoms with Crippen LogP contribution in [0.15, 0.2) is 0 Å². The Morgan fingerprint density at radius 2 is 0.589 bits per heavy atom. The van der Waals surface area contributed by atoms with E-state index >= 15 is 0 Å². The lowest BCUT2D eigenvalue weighted by atomic mass is 10.0. The van der Waals surface area contributed by atoms with Crippen LogP contribution in [0.5, 0.6) is 0 Å². The summed E-state index contributed by atoms with van der Waals surface area (Å²) < 4.78 is 33.1. The number of esters is 2. The van der Waals surface area contributed by atoms with Crippen LogP contribution in [0.25, 0.3) is 0 Å². The number of phosphoric ester groups is 1. The molecule has 0 bridgehead atoms. The zero-order valence-corrected chi connectivity index (χ0v) is 49.8. The van der Waals surface area contributed by atoms with Crippen molar-refractivity contribution < 1.29 is 37.6 Å². The minimum Gasteiger partial charge on any atom is -0.462 e. The van der Waals surface area contributed by atoms with Gasteiger partial charge >= 0.3 is 19.8 Å². The highest BCUT2D eigenvalue weighted by molar-refractivity contribution is 7.47. The number of rotatable bonds is 63. The number of nitrogens with two attached hydrogens (primary N) is 1. The first-order valence-corrected chi connectivity index (χ1v) is 34.0. The average Bonchev–Trinajstić information content (AvgIpc) is 3.38. The van der Waals surface area contributed by atoms with Gasteiger partial charge in [-0.05, 0) is 12.8 Å². The van der Waals surface area contributed by atoms with Crippen molar-refractivity contribution in [3.8, 4) is 0 Å². The van der Waals surface area contributed by atoms with E-state index < -0.39 is 26.5 Å². The molecule has 0 heterocycles. The van der Waals surface area contributed by atoms with Gasteiger partial charge in [0.15, 0.2) is 6.10 Å². The Bertz CT molecular complexity index is 1160. The summed E-state index contributed by atoms with van der Waals surface area (Å²) in [5, 5.41) is 0. The molecule has 0 aromatic heterocycles. The number of phosphoric acid groups is 1. The fraction of sp³-hybridized carbons (Fsp3) is 0.968. The highest BCUT2D eigenvalue weighted by Gasteiger charge is 2.26. The van der Waals surface area contributed by atoms with Crippen LogP contribution in [0.2, 0.25) is 0 Å². The molecule has 0 aliphatic carbocycles. The smallest absolute Gasteiger partial charge is 0.462 e. The molecule has 0 rings (SSSR count). The third kappa shape index (κ3) is 60.1. The maximum absolute atomic E-state index is 12.7. The van der Waals surface area contributed by atoms with Gasteiger partial charge in [-0.15, -0.1) is 0 Å². The lowest BCUT2D eigenvalue weighted by Gasteiger charge is -2.19. The van der Waals surface area contributed by atoms with Crippen molar-refractivity contribution in [2.24, 2.45) is 5.73 Å². The van der Waals surface area contributed by atoms with E-state index in [0.717, 1.165) is 32.1 Å². The second-order valence-corrected chi connectivity index (χ2v) is 23.8. The van der Waals surface area contributed by atoms with Crippen LogP contribution in [0, 0.1) is 0 Å². The summed E-state index contributed by atoms with van der Waals surface area (Å²) >= 11 is 0. The van der Waals surface area contributed by atoms with E-state index in [1.54, 1.807) is 0 Å². The summed E-state index contributed by atoms with van der Waals surface area (Å²) in [5.41, 5.74) is 5.39. The highest BCUT2D eigenvalue weighted by Crippen LogP contribution is 2.43. The maximum atomic E-state index is 12.7. The van der Waals surface area contributed by atoms with Gasteiger partial charge in [0.2, 0.25) is 0 Å². The molecule has 2 unspecified atom stereocenters. The van der Waals surface area contributed by atoms with Gasteiger partial charge in [-0.25, -0.2) is 4.57 Å². The summed E-state index contributed by atoms with van der Waals surface area (Å²) in [6.07, 6.45) is 69.2. The van der Waals surface area contributed by atoms with Crippen LogP contribution < -0.4 is 5.73 Å². The van der Waals surface area contributed by atoms with Crippen molar-refractivity contribution in [1.29, 1.82) is 0 Å². The number of hydrogen-bond donors (Lipinski definition) is 2. The zero-order chi connectivity index (χ0) is 53.1. The third-order valence-electron chi connectivity index (χ3n) is 15.0. The van der Waals surface area contributed by atoms with Crippen LogP contribution in [0.1, 0.15) is 361 Å². The number of carbonyl (C=O) groups is 2. The summed E-state index contributed by atoms with van der Waals surface area (Å²) in [6.45, 7) is 3.82. The Balaban J connectivity index is 3.74. The SMILES string of the molecule is CCCCCCCCCCCCCCCCCCCCCCCCCCCCCCCCCCCCCCC(=O)OC(COC(=O)CCCCCCCCCCCCCCCCCC)COP(=O)(O)OCCN. The topological polar surface area (TPSA) is 134 Å². The predicted molar refractivity (Wildman–Crippen MR) is 312 cm³/mol. The lowest BCUT2D eigenvalue weighted by Crippen LogP contribution is -2.29. The van der Waals surface area contributed by atoms with Crippen molar-refractivity contribution in [3.63, 3.8) is 0 Å². The second kappa shape index (κ2) is 60.2. The number of carbonyl (C=O) groups excluding carboxylic acids is 2. The molecule has 0 aliphatic rings. The van der Waals surface area contributed by atoms with Gasteiger partial charge in [-0.1, -0.05) is 335 Å². The first-order chi connectivity index (χ1) is 35.8. The standard InChI is InChI=1S/C63H126NO8P/c1-3-5-7-9-11-13-15-17-19-21-22-23-24-25-26-27-28-29-30-31-32-33-34-35-36-37-38-39-40-42-44-46-48-50-52-54-56-63(66)72-61(60-71-73(67,68)70-58-57-64)59-69-62(65)55-53-51-49-47-45-43-41-20-18-16-14-12-10-8-6-4-2/h61H,3-60,64H2,1-2H3,(H,67,68). The Labute approximate surface area is 454 Å². The van der Waals surface area contributed by atoms with Gasteiger partial charge < -0.3 is 20.1 Å². The van der Waals surface area contributed by atoms with E-state index in [1.807, 2.05) is 0 Å². The largest absolute Gasteiger partial charge is 0.472 e. The first-order valence-electron chi connectivity index (χ1n) is 32.5. The van der Waals surface area contributed by atoms with E-state index in [-0.39, 0.29) is 38.6 Å². The molecule has 73 heavy (non-hydrogen) atoms. The van der Waals surface area contributed by atoms with E-state index in [4.69, 9.17) is 24.3 Å². The van der Waals surface area contributed by atoms with Crippen LogP contribution in [0.3, 0.4) is 0 Å². The van der Waals surface area contributed by atoms with Gasteiger partial charge in [0.25, 0.3) is 0 Å². The molecule has 2 atom stereocenters. The van der Waals surface area contributed by atoms with Gasteiger partial charge in [0.1, 0.15) is 6.61 Å². The molecule has 9 nitrogen and oxygen atoms in total. The van der Waals surface area contributed by atoms with Crippen molar-refractivity contribution in [2.75, 3.05) is 26.4 Å². The van der Waals surface area contributed by atoms with E-state index in [2.05, 4.69) is 13.8 Å². The molecule has 0 radical (unpaired) electrons. The third-order valence-corrected chi connectivity index (χ3v) is 16.0. The Kier molecular flexibility index (Phi) is 59.4. The normalized spacial score (nSPS) is 12.9. The van der Waals surface area contributed by atoms with Gasteiger partial charge in [-0.2, -0.15) is 0 Å². The Morgan fingerprint density at radius 1 is 0.356 bits per heavy atom. The summed E-state index contributed by atoms with van der Waals surface area (Å²) in [4.78, 5) is 35.2. The Hall–Kier alpha value is -0.990. The summed E-state index contributed by atoms with van der Waals surface area (Å²) in [6, 6.07) is 0. The number of hydrogen-bond acceptors (Lipinski definition) is 8.